The smallest absolute Gasteiger partial charge is 0.228 e. The van der Waals surface area contributed by atoms with Gasteiger partial charge >= 0.3 is 0 Å². The lowest BCUT2D eigenvalue weighted by atomic mass is 9.78. The molecule has 0 aromatic rings. The summed E-state index contributed by atoms with van der Waals surface area (Å²) in [5, 5.41) is 15.4. The molecule has 6 heteroatoms. The maximum atomic E-state index is 12.2. The molecule has 3 N–H and O–H groups in total. The minimum absolute atomic E-state index is 0.0322. The molecule has 0 bridgehead atoms. The van der Waals surface area contributed by atoms with Crippen molar-refractivity contribution in [2.75, 3.05) is 20.1 Å². The molecule has 0 unspecified atom stereocenters. The van der Waals surface area contributed by atoms with E-state index in [4.69, 9.17) is 0 Å². The normalized spacial score (nSPS) is 31.1. The number of aliphatic hydroxyl groups excluding tert-OH is 1. The molecule has 2 fully saturated rings. The van der Waals surface area contributed by atoms with Crippen molar-refractivity contribution in [2.24, 2.45) is 11.8 Å². The second-order valence-corrected chi connectivity index (χ2v) is 6.18. The first kappa shape index (κ1) is 15.3. The number of aliphatic hydroxyl groups is 1. The predicted octanol–water partition coefficient (Wildman–Crippen LogP) is -0.672. The summed E-state index contributed by atoms with van der Waals surface area (Å²) in [7, 11) is 2.08. The molecule has 0 aromatic heterocycles. The highest BCUT2D eigenvalue weighted by Gasteiger charge is 2.47. The van der Waals surface area contributed by atoms with Crippen LogP contribution >= 0.6 is 0 Å². The molecule has 2 rings (SSSR count). The number of β-lactam (4-membered cyclic amide) rings is 1. The molecule has 0 spiro atoms. The molecule has 2 heterocycles. The number of rotatable bonds is 4. The molecule has 20 heavy (non-hydrogen) atoms. The van der Waals surface area contributed by atoms with Crippen molar-refractivity contribution in [2.45, 2.75) is 44.9 Å². The highest BCUT2D eigenvalue weighted by atomic mass is 16.3. The third-order valence-electron chi connectivity index (χ3n) is 4.54. The molecule has 2 aliphatic rings. The average Bonchev–Trinajstić information content (AvgIpc) is 2.36. The van der Waals surface area contributed by atoms with Crippen LogP contribution in [0.1, 0.15) is 26.7 Å². The second-order valence-electron chi connectivity index (χ2n) is 6.18. The van der Waals surface area contributed by atoms with Crippen LogP contribution in [0.5, 0.6) is 0 Å². The van der Waals surface area contributed by atoms with Crippen molar-refractivity contribution < 1.29 is 14.7 Å². The fourth-order valence-electron chi connectivity index (χ4n) is 3.02. The Morgan fingerprint density at radius 2 is 2.00 bits per heavy atom. The largest absolute Gasteiger partial charge is 0.393 e. The molecular formula is C14H25N3O3. The monoisotopic (exact) mass is 283 g/mol. The van der Waals surface area contributed by atoms with Gasteiger partial charge in [0.25, 0.3) is 0 Å². The van der Waals surface area contributed by atoms with Gasteiger partial charge in [0.2, 0.25) is 11.8 Å². The lowest BCUT2D eigenvalue weighted by molar-refractivity contribution is -0.145. The van der Waals surface area contributed by atoms with Gasteiger partial charge in [-0.2, -0.15) is 0 Å². The maximum absolute atomic E-state index is 12.2. The number of likely N-dealkylation sites (tertiary alicyclic amines) is 1. The van der Waals surface area contributed by atoms with Gasteiger partial charge in [0, 0.05) is 6.04 Å². The Morgan fingerprint density at radius 3 is 2.50 bits per heavy atom. The summed E-state index contributed by atoms with van der Waals surface area (Å²) in [6, 6.07) is -0.0318. The first-order chi connectivity index (χ1) is 9.40. The number of nitrogens with zero attached hydrogens (tertiary/aromatic N) is 1. The van der Waals surface area contributed by atoms with Gasteiger partial charge in [0.1, 0.15) is 0 Å². The van der Waals surface area contributed by atoms with E-state index < -0.39 is 12.0 Å². The topological polar surface area (TPSA) is 81.7 Å². The summed E-state index contributed by atoms with van der Waals surface area (Å²) >= 11 is 0. The first-order valence-electron chi connectivity index (χ1n) is 7.37. The Morgan fingerprint density at radius 1 is 1.40 bits per heavy atom. The Kier molecular flexibility index (Phi) is 4.65. The van der Waals surface area contributed by atoms with Gasteiger partial charge in [0.15, 0.2) is 0 Å². The highest BCUT2D eigenvalue weighted by molar-refractivity contribution is 5.90. The van der Waals surface area contributed by atoms with E-state index in [-0.39, 0.29) is 29.8 Å². The Hall–Kier alpha value is -1.14. The molecule has 4 atom stereocenters. The van der Waals surface area contributed by atoms with Crippen molar-refractivity contribution in [3.05, 3.63) is 0 Å². The molecular weight excluding hydrogens is 258 g/mol. The van der Waals surface area contributed by atoms with Crippen molar-refractivity contribution in [3.63, 3.8) is 0 Å². The zero-order chi connectivity index (χ0) is 14.9. The van der Waals surface area contributed by atoms with E-state index in [1.165, 1.54) is 0 Å². The van der Waals surface area contributed by atoms with Crippen LogP contribution in [0.25, 0.3) is 0 Å². The zero-order valence-corrected chi connectivity index (χ0v) is 12.4. The quantitative estimate of drug-likeness (QED) is 0.598. The van der Waals surface area contributed by atoms with Gasteiger partial charge < -0.3 is 20.6 Å². The molecule has 0 radical (unpaired) electrons. The lowest BCUT2D eigenvalue weighted by Crippen LogP contribution is -2.66. The van der Waals surface area contributed by atoms with Crippen molar-refractivity contribution in [1.82, 2.24) is 15.5 Å². The molecule has 6 nitrogen and oxygen atoms in total. The van der Waals surface area contributed by atoms with E-state index in [1.807, 2.05) is 6.92 Å². The molecule has 114 valence electrons. The minimum atomic E-state index is -0.715. The molecule has 0 aliphatic carbocycles. The molecule has 2 aliphatic heterocycles. The van der Waals surface area contributed by atoms with Gasteiger partial charge in [0.05, 0.1) is 24.0 Å². The summed E-state index contributed by atoms with van der Waals surface area (Å²) < 4.78 is 0. The van der Waals surface area contributed by atoms with Crippen LogP contribution in [-0.2, 0) is 9.59 Å². The number of carbonyl (C=O) groups excluding carboxylic acids is 2. The van der Waals surface area contributed by atoms with Gasteiger partial charge in [-0.3, -0.25) is 9.59 Å². The molecule has 0 aromatic carbocycles. The Labute approximate surface area is 119 Å². The highest BCUT2D eigenvalue weighted by Crippen LogP contribution is 2.26. The van der Waals surface area contributed by atoms with Crippen LogP contribution in [0.3, 0.4) is 0 Å². The summed E-state index contributed by atoms with van der Waals surface area (Å²) in [5.41, 5.74) is 0. The number of hydrogen-bond acceptors (Lipinski definition) is 4. The van der Waals surface area contributed by atoms with Gasteiger partial charge in [-0.05, 0) is 39.9 Å². The van der Waals surface area contributed by atoms with Crippen LogP contribution in [0.4, 0.5) is 0 Å². The maximum Gasteiger partial charge on any atom is 0.228 e. The SMILES string of the molecule is C[C@@H](O)[C@H]1C(=O)N[C@@H]1[C@@H](C)C(=O)NC1CCN(C)CC1. The lowest BCUT2D eigenvalue weighted by Gasteiger charge is -2.42. The predicted molar refractivity (Wildman–Crippen MR) is 74.9 cm³/mol. The third-order valence-corrected chi connectivity index (χ3v) is 4.54. The number of nitrogens with one attached hydrogen (secondary N) is 2. The fourth-order valence-corrected chi connectivity index (χ4v) is 3.02. The number of piperidine rings is 1. The first-order valence-corrected chi connectivity index (χ1v) is 7.37. The summed E-state index contributed by atoms with van der Waals surface area (Å²) in [5.74, 6) is -0.973. The third kappa shape index (κ3) is 3.12. The van der Waals surface area contributed by atoms with E-state index in [0.717, 1.165) is 25.9 Å². The van der Waals surface area contributed by atoms with E-state index in [0.29, 0.717) is 0 Å². The standard InChI is InChI=1S/C14H25N3O3/c1-8(12-11(9(2)18)14(20)16-12)13(19)15-10-4-6-17(3)7-5-10/h8-12,18H,4-7H2,1-3H3,(H,15,19)(H,16,20)/t8-,9-,11-,12-/m1/s1. The van der Waals surface area contributed by atoms with Crippen LogP contribution in [0, 0.1) is 11.8 Å². The fraction of sp³-hybridized carbons (Fsp3) is 0.857. The van der Waals surface area contributed by atoms with Crippen LogP contribution in [-0.4, -0.2) is 60.1 Å². The van der Waals surface area contributed by atoms with E-state index in [2.05, 4.69) is 22.6 Å². The molecule has 0 saturated carbocycles. The van der Waals surface area contributed by atoms with Crippen molar-refractivity contribution >= 4 is 11.8 Å². The second kappa shape index (κ2) is 6.10. The molecule has 2 amide bonds. The van der Waals surface area contributed by atoms with Gasteiger partial charge in [-0.1, -0.05) is 6.92 Å². The number of hydrogen-bond donors (Lipinski definition) is 3. The minimum Gasteiger partial charge on any atom is -0.393 e. The van der Waals surface area contributed by atoms with Crippen LogP contribution in [0.15, 0.2) is 0 Å². The van der Waals surface area contributed by atoms with Gasteiger partial charge in [-0.15, -0.1) is 0 Å². The van der Waals surface area contributed by atoms with Crippen molar-refractivity contribution in [3.8, 4) is 0 Å². The number of carbonyl (C=O) groups is 2. The molecule has 2 saturated heterocycles. The van der Waals surface area contributed by atoms with Gasteiger partial charge in [-0.25, -0.2) is 0 Å². The van der Waals surface area contributed by atoms with Crippen LogP contribution in [0.2, 0.25) is 0 Å². The Balaban J connectivity index is 1.85. The Bertz CT molecular complexity index is 378. The average molecular weight is 283 g/mol. The summed E-state index contributed by atoms with van der Waals surface area (Å²) in [6.45, 7) is 5.40. The number of amides is 2. The summed E-state index contributed by atoms with van der Waals surface area (Å²) in [6.07, 6.45) is 1.21. The van der Waals surface area contributed by atoms with Crippen LogP contribution < -0.4 is 10.6 Å². The van der Waals surface area contributed by atoms with E-state index in [9.17, 15) is 14.7 Å². The zero-order valence-electron chi connectivity index (χ0n) is 12.4. The van der Waals surface area contributed by atoms with E-state index in [1.54, 1.807) is 6.92 Å². The van der Waals surface area contributed by atoms with E-state index >= 15 is 0 Å². The van der Waals surface area contributed by atoms with Crippen molar-refractivity contribution in [1.29, 1.82) is 0 Å². The summed E-state index contributed by atoms with van der Waals surface area (Å²) in [4.78, 5) is 25.9.